The molecule has 18 heavy (non-hydrogen) atoms. The predicted molar refractivity (Wildman–Crippen MR) is 56.2 cm³/mol. The highest BCUT2D eigenvalue weighted by molar-refractivity contribution is 5.41. The van der Waals surface area contributed by atoms with Gasteiger partial charge in [0.15, 0.2) is 5.82 Å². The number of hydrogen-bond donors (Lipinski definition) is 0. The first-order valence-corrected chi connectivity index (χ1v) is 5.46. The molecule has 1 saturated carbocycles. The molecule has 6 heteroatoms. The molecular weight excluding hydrogens is 242 g/mol. The van der Waals surface area contributed by atoms with Gasteiger partial charge in [-0.15, -0.1) is 0 Å². The molecule has 1 aliphatic rings. The molecule has 4 nitrogen and oxygen atoms in total. The number of halogens is 2. The first kappa shape index (κ1) is 11.1. The van der Waals surface area contributed by atoms with Crippen molar-refractivity contribution in [1.29, 1.82) is 0 Å². The summed E-state index contributed by atoms with van der Waals surface area (Å²) in [6, 6.07) is 6.54. The Kier molecular flexibility index (Phi) is 2.50. The van der Waals surface area contributed by atoms with E-state index in [1.54, 1.807) is 12.1 Å². The van der Waals surface area contributed by atoms with Crippen molar-refractivity contribution in [2.75, 3.05) is 0 Å². The Morgan fingerprint density at radius 1 is 1.28 bits per heavy atom. The van der Waals surface area contributed by atoms with Crippen molar-refractivity contribution in [3.63, 3.8) is 0 Å². The molecule has 1 fully saturated rings. The average molecular weight is 251 g/mol. The van der Waals surface area contributed by atoms with Gasteiger partial charge in [0.2, 0.25) is 0 Å². The molecule has 1 aromatic carbocycles. The van der Waals surface area contributed by atoms with Crippen LogP contribution in [0.15, 0.2) is 28.8 Å². The largest absolute Gasteiger partial charge is 0.435 e. The molecule has 0 spiro atoms. The second-order valence-electron chi connectivity index (χ2n) is 4.19. The lowest BCUT2D eigenvalue weighted by Gasteiger charge is -2.12. The molecule has 1 radical (unpaired) electrons. The lowest BCUT2D eigenvalue weighted by atomic mass is 9.95. The Morgan fingerprint density at radius 2 is 2.00 bits per heavy atom. The molecule has 2 aromatic rings. The van der Waals surface area contributed by atoms with E-state index in [0.717, 1.165) is 18.4 Å². The highest BCUT2D eigenvalue weighted by atomic mass is 19.3. The minimum atomic E-state index is -2.81. The van der Waals surface area contributed by atoms with E-state index in [4.69, 9.17) is 0 Å². The first-order chi connectivity index (χ1) is 8.71. The highest BCUT2D eigenvalue weighted by Gasteiger charge is 2.49. The van der Waals surface area contributed by atoms with Gasteiger partial charge in [-0.1, -0.05) is 17.3 Å². The van der Waals surface area contributed by atoms with Gasteiger partial charge in [-0.3, -0.25) is 0 Å². The third-order valence-electron chi connectivity index (χ3n) is 3.13. The molecule has 0 N–H and O–H groups in total. The van der Waals surface area contributed by atoms with Crippen molar-refractivity contribution in [2.24, 2.45) is 0 Å². The van der Waals surface area contributed by atoms with E-state index in [0.29, 0.717) is 5.82 Å². The molecule has 1 aromatic heterocycles. The average Bonchev–Trinajstić information content (AvgIpc) is 2.97. The smallest absolute Gasteiger partial charge is 0.387 e. The van der Waals surface area contributed by atoms with Crippen LogP contribution in [0.3, 0.4) is 0 Å². The van der Waals surface area contributed by atoms with Gasteiger partial charge >= 0.3 is 13.0 Å². The van der Waals surface area contributed by atoms with Crippen molar-refractivity contribution in [3.8, 4) is 5.75 Å². The first-order valence-electron chi connectivity index (χ1n) is 5.46. The van der Waals surface area contributed by atoms with Gasteiger partial charge in [0.1, 0.15) is 5.75 Å². The highest BCUT2D eigenvalue weighted by Crippen LogP contribution is 2.52. The van der Waals surface area contributed by atoms with E-state index in [9.17, 15) is 8.78 Å². The van der Waals surface area contributed by atoms with Crippen molar-refractivity contribution in [3.05, 3.63) is 42.0 Å². The van der Waals surface area contributed by atoms with Crippen LogP contribution in [0, 0.1) is 6.39 Å². The minimum absolute atomic E-state index is 0.143. The SMILES string of the molecule is FC(F)Oc1ccc(C2(c3n[c]on3)CC2)cc1. The number of hydrogen-bond acceptors (Lipinski definition) is 4. The van der Waals surface area contributed by atoms with E-state index in [-0.39, 0.29) is 11.2 Å². The van der Waals surface area contributed by atoms with Crippen molar-refractivity contribution < 1.29 is 18.0 Å². The zero-order chi connectivity index (χ0) is 12.6. The molecule has 0 saturated heterocycles. The molecule has 0 unspecified atom stereocenters. The Hall–Kier alpha value is -1.98. The maximum absolute atomic E-state index is 12.0. The number of alkyl halides is 2. The third-order valence-corrected chi connectivity index (χ3v) is 3.13. The van der Waals surface area contributed by atoms with Crippen LogP contribution in [0.25, 0.3) is 0 Å². The van der Waals surface area contributed by atoms with Gasteiger partial charge in [-0.2, -0.15) is 13.8 Å². The van der Waals surface area contributed by atoms with Crippen LogP contribution in [-0.4, -0.2) is 16.8 Å². The zero-order valence-electron chi connectivity index (χ0n) is 9.27. The molecular formula is C12H9F2N2O2. The van der Waals surface area contributed by atoms with Gasteiger partial charge in [-0.25, -0.2) is 0 Å². The Balaban J connectivity index is 1.85. The molecule has 0 aliphatic heterocycles. The van der Waals surface area contributed by atoms with Gasteiger partial charge in [0.25, 0.3) is 0 Å². The normalized spacial score (nSPS) is 16.8. The number of aromatic nitrogens is 2. The van der Waals surface area contributed by atoms with Crippen molar-refractivity contribution in [2.45, 2.75) is 24.9 Å². The van der Waals surface area contributed by atoms with Crippen molar-refractivity contribution in [1.82, 2.24) is 10.1 Å². The summed E-state index contributed by atoms with van der Waals surface area (Å²) in [6.45, 7) is -2.81. The minimum Gasteiger partial charge on any atom is -0.435 e. The Morgan fingerprint density at radius 3 is 2.50 bits per heavy atom. The third kappa shape index (κ3) is 1.83. The van der Waals surface area contributed by atoms with Crippen LogP contribution in [-0.2, 0) is 5.41 Å². The molecule has 1 heterocycles. The molecule has 0 amide bonds. The van der Waals surface area contributed by atoms with Gasteiger partial charge in [0.05, 0.1) is 5.41 Å². The topological polar surface area (TPSA) is 48.2 Å². The van der Waals surface area contributed by atoms with Crippen LogP contribution >= 0.6 is 0 Å². The zero-order valence-corrected chi connectivity index (χ0v) is 9.27. The maximum Gasteiger partial charge on any atom is 0.387 e. The summed E-state index contributed by atoms with van der Waals surface area (Å²) in [5, 5.41) is 3.80. The van der Waals surface area contributed by atoms with E-state index in [2.05, 4.69) is 25.8 Å². The second-order valence-corrected chi connectivity index (χ2v) is 4.19. The summed E-state index contributed by atoms with van der Waals surface area (Å²) in [5.41, 5.74) is 0.728. The summed E-state index contributed by atoms with van der Waals surface area (Å²) in [4.78, 5) is 3.94. The van der Waals surface area contributed by atoms with Crippen LogP contribution in [0.1, 0.15) is 24.2 Å². The molecule has 1 aliphatic carbocycles. The molecule has 3 rings (SSSR count). The summed E-state index contributed by atoms with van der Waals surface area (Å²) < 4.78 is 33.0. The fraction of sp³-hybridized carbons (Fsp3) is 0.333. The quantitative estimate of drug-likeness (QED) is 0.837. The summed E-state index contributed by atoms with van der Waals surface area (Å²) in [6.07, 6.45) is 4.15. The summed E-state index contributed by atoms with van der Waals surface area (Å²) in [5.74, 6) is 0.731. The Bertz CT molecular complexity index is 522. The van der Waals surface area contributed by atoms with Crippen molar-refractivity contribution >= 4 is 0 Å². The standard InChI is InChI=1S/C12H9F2N2O2/c13-11(14)18-9-3-1-8(2-4-9)12(5-6-12)10-15-7-17-16-10/h1-4,11H,5-6H2. The van der Waals surface area contributed by atoms with E-state index in [1.807, 2.05) is 0 Å². The summed E-state index contributed by atoms with van der Waals surface area (Å²) in [7, 11) is 0. The molecule has 0 atom stereocenters. The fourth-order valence-electron chi connectivity index (χ4n) is 2.06. The van der Waals surface area contributed by atoms with Gasteiger partial charge < -0.3 is 9.26 Å². The van der Waals surface area contributed by atoms with Crippen LogP contribution < -0.4 is 4.74 Å². The van der Waals surface area contributed by atoms with Crippen LogP contribution in [0.5, 0.6) is 5.75 Å². The number of ether oxygens (including phenoxy) is 1. The second kappa shape index (κ2) is 4.04. The summed E-state index contributed by atoms with van der Waals surface area (Å²) >= 11 is 0. The lowest BCUT2D eigenvalue weighted by molar-refractivity contribution is -0.0498. The van der Waals surface area contributed by atoms with E-state index < -0.39 is 6.61 Å². The Labute approximate surface area is 102 Å². The predicted octanol–water partition coefficient (Wildman–Crippen LogP) is 2.55. The number of nitrogens with zero attached hydrogens (tertiary/aromatic N) is 2. The maximum atomic E-state index is 12.0. The lowest BCUT2D eigenvalue weighted by Crippen LogP contribution is -2.11. The van der Waals surface area contributed by atoms with Gasteiger partial charge in [-0.05, 0) is 30.5 Å². The van der Waals surface area contributed by atoms with Crippen LogP contribution in [0.2, 0.25) is 0 Å². The van der Waals surface area contributed by atoms with Gasteiger partial charge in [0, 0.05) is 0 Å². The molecule has 93 valence electrons. The van der Waals surface area contributed by atoms with Crippen LogP contribution in [0.4, 0.5) is 8.78 Å². The fourth-order valence-corrected chi connectivity index (χ4v) is 2.06. The monoisotopic (exact) mass is 251 g/mol. The van der Waals surface area contributed by atoms with E-state index >= 15 is 0 Å². The number of benzene rings is 1. The van der Waals surface area contributed by atoms with E-state index in [1.165, 1.54) is 12.1 Å². The molecule has 0 bridgehead atoms. The number of rotatable bonds is 4.